The van der Waals surface area contributed by atoms with E-state index in [4.69, 9.17) is 22.1 Å². The highest BCUT2D eigenvalue weighted by atomic mass is 35.5. The molecule has 0 spiro atoms. The molecule has 2 N–H and O–H groups in total. The average molecular weight is 294 g/mol. The van der Waals surface area contributed by atoms with Crippen molar-refractivity contribution in [3.8, 4) is 5.75 Å². The third-order valence-electron chi connectivity index (χ3n) is 2.93. The Balaban J connectivity index is 2.43. The molecule has 0 radical (unpaired) electrons. The van der Waals surface area contributed by atoms with Crippen LogP contribution in [0.4, 0.5) is 4.39 Å². The summed E-state index contributed by atoms with van der Waals surface area (Å²) in [5.41, 5.74) is 7.56. The van der Waals surface area contributed by atoms with E-state index >= 15 is 0 Å². The van der Waals surface area contributed by atoms with E-state index in [-0.39, 0.29) is 11.1 Å². The van der Waals surface area contributed by atoms with Crippen LogP contribution >= 0.6 is 11.6 Å². The fourth-order valence-electron chi connectivity index (χ4n) is 2.03. The molecular weight excluding hydrogens is 277 g/mol. The summed E-state index contributed by atoms with van der Waals surface area (Å²) in [7, 11) is 0. The normalized spacial score (nSPS) is 12.5. The van der Waals surface area contributed by atoms with Crippen LogP contribution in [0, 0.1) is 5.82 Å². The van der Waals surface area contributed by atoms with Gasteiger partial charge in [-0.25, -0.2) is 4.39 Å². The van der Waals surface area contributed by atoms with Crippen molar-refractivity contribution in [1.82, 2.24) is 0 Å². The minimum atomic E-state index is -0.534. The zero-order chi connectivity index (χ0) is 14.7. The van der Waals surface area contributed by atoms with E-state index in [0.29, 0.717) is 11.3 Å². The van der Waals surface area contributed by atoms with Crippen LogP contribution in [-0.2, 0) is 0 Å². The van der Waals surface area contributed by atoms with Crippen LogP contribution in [0.3, 0.4) is 0 Å². The Bertz CT molecular complexity index is 601. The minimum absolute atomic E-state index is 0.0336. The molecule has 0 fully saturated rings. The molecule has 0 saturated heterocycles. The molecule has 2 aromatic carbocycles. The highest BCUT2D eigenvalue weighted by Crippen LogP contribution is 2.33. The van der Waals surface area contributed by atoms with Crippen LogP contribution in [0.1, 0.15) is 31.0 Å². The number of nitrogens with two attached hydrogens (primary N) is 1. The molecule has 2 aromatic rings. The van der Waals surface area contributed by atoms with E-state index in [1.165, 1.54) is 6.07 Å². The summed E-state index contributed by atoms with van der Waals surface area (Å²) in [5.74, 6) is 0.220. The van der Waals surface area contributed by atoms with Crippen LogP contribution in [-0.4, -0.2) is 6.10 Å². The molecule has 0 amide bonds. The van der Waals surface area contributed by atoms with E-state index in [0.717, 1.165) is 5.56 Å². The standard InChI is InChI=1S/C16H17ClFNO/c1-10(2)20-14-9-4-3-6-11(14)16(19)12-7-5-8-13(18)15(12)17/h3-10,16H,19H2,1-2H3. The van der Waals surface area contributed by atoms with Crippen LogP contribution in [0.15, 0.2) is 42.5 Å². The molecule has 0 aliphatic rings. The van der Waals surface area contributed by atoms with Crippen LogP contribution in [0.25, 0.3) is 0 Å². The van der Waals surface area contributed by atoms with Crippen molar-refractivity contribution >= 4 is 11.6 Å². The molecule has 2 rings (SSSR count). The Morgan fingerprint density at radius 2 is 1.70 bits per heavy atom. The van der Waals surface area contributed by atoms with Gasteiger partial charge in [0.15, 0.2) is 0 Å². The van der Waals surface area contributed by atoms with E-state index < -0.39 is 11.9 Å². The summed E-state index contributed by atoms with van der Waals surface area (Å²) < 4.78 is 19.3. The lowest BCUT2D eigenvalue weighted by atomic mass is 9.98. The minimum Gasteiger partial charge on any atom is -0.491 e. The first-order valence-electron chi connectivity index (χ1n) is 6.45. The molecule has 0 saturated carbocycles. The first-order valence-corrected chi connectivity index (χ1v) is 6.83. The maximum absolute atomic E-state index is 13.5. The molecule has 20 heavy (non-hydrogen) atoms. The molecule has 0 heterocycles. The summed E-state index contributed by atoms with van der Waals surface area (Å²) >= 11 is 6.00. The fourth-order valence-corrected chi connectivity index (χ4v) is 2.27. The van der Waals surface area contributed by atoms with Gasteiger partial charge in [0.2, 0.25) is 0 Å². The van der Waals surface area contributed by atoms with Gasteiger partial charge < -0.3 is 10.5 Å². The monoisotopic (exact) mass is 293 g/mol. The van der Waals surface area contributed by atoms with E-state index in [1.807, 2.05) is 38.1 Å². The summed E-state index contributed by atoms with van der Waals surface area (Å²) in [6.07, 6.45) is 0.0336. The smallest absolute Gasteiger partial charge is 0.142 e. The average Bonchev–Trinajstić information content (AvgIpc) is 2.41. The second-order valence-electron chi connectivity index (χ2n) is 4.83. The largest absolute Gasteiger partial charge is 0.491 e. The molecule has 1 unspecified atom stereocenters. The van der Waals surface area contributed by atoms with Gasteiger partial charge in [0.25, 0.3) is 0 Å². The van der Waals surface area contributed by atoms with E-state index in [1.54, 1.807) is 12.1 Å². The number of hydrogen-bond donors (Lipinski definition) is 1. The van der Waals surface area contributed by atoms with Gasteiger partial charge in [-0.05, 0) is 31.5 Å². The van der Waals surface area contributed by atoms with Crippen LogP contribution in [0.5, 0.6) is 5.75 Å². The number of hydrogen-bond acceptors (Lipinski definition) is 2. The number of ether oxygens (including phenoxy) is 1. The van der Waals surface area contributed by atoms with E-state index in [9.17, 15) is 4.39 Å². The van der Waals surface area contributed by atoms with Gasteiger partial charge in [-0.1, -0.05) is 41.9 Å². The van der Waals surface area contributed by atoms with Crippen molar-refractivity contribution in [1.29, 1.82) is 0 Å². The van der Waals surface area contributed by atoms with Crippen molar-refractivity contribution < 1.29 is 9.13 Å². The third kappa shape index (κ3) is 3.11. The molecule has 0 aliphatic heterocycles. The first kappa shape index (κ1) is 14.8. The molecule has 0 bridgehead atoms. The Hall–Kier alpha value is -1.58. The Morgan fingerprint density at radius 3 is 2.40 bits per heavy atom. The molecule has 0 aromatic heterocycles. The Kier molecular flexibility index (Phi) is 4.63. The van der Waals surface area contributed by atoms with Gasteiger partial charge in [0.1, 0.15) is 11.6 Å². The second kappa shape index (κ2) is 6.25. The van der Waals surface area contributed by atoms with E-state index in [2.05, 4.69) is 0 Å². The molecule has 1 atom stereocenters. The number of para-hydroxylation sites is 1. The first-order chi connectivity index (χ1) is 9.50. The molecule has 4 heteroatoms. The van der Waals surface area contributed by atoms with Crippen LogP contribution < -0.4 is 10.5 Å². The maximum Gasteiger partial charge on any atom is 0.142 e. The second-order valence-corrected chi connectivity index (χ2v) is 5.20. The number of rotatable bonds is 4. The lowest BCUT2D eigenvalue weighted by Crippen LogP contribution is -2.16. The topological polar surface area (TPSA) is 35.2 Å². The lowest BCUT2D eigenvalue weighted by Gasteiger charge is -2.20. The SMILES string of the molecule is CC(C)Oc1ccccc1C(N)c1cccc(F)c1Cl. The van der Waals surface area contributed by atoms with Crippen molar-refractivity contribution in [2.45, 2.75) is 26.0 Å². The molecule has 0 aliphatic carbocycles. The molecule has 106 valence electrons. The quantitative estimate of drug-likeness (QED) is 0.911. The summed E-state index contributed by atoms with van der Waals surface area (Å²) in [4.78, 5) is 0. The van der Waals surface area contributed by atoms with Gasteiger partial charge in [-0.3, -0.25) is 0 Å². The summed E-state index contributed by atoms with van der Waals surface area (Å²) in [5, 5.41) is 0.0550. The lowest BCUT2D eigenvalue weighted by molar-refractivity contribution is 0.239. The maximum atomic E-state index is 13.5. The van der Waals surface area contributed by atoms with Gasteiger partial charge in [0.05, 0.1) is 17.2 Å². The highest BCUT2D eigenvalue weighted by Gasteiger charge is 2.18. The van der Waals surface area contributed by atoms with Crippen LogP contribution in [0.2, 0.25) is 5.02 Å². The highest BCUT2D eigenvalue weighted by molar-refractivity contribution is 6.31. The van der Waals surface area contributed by atoms with Gasteiger partial charge in [-0.15, -0.1) is 0 Å². The van der Waals surface area contributed by atoms with Gasteiger partial charge >= 0.3 is 0 Å². The Morgan fingerprint density at radius 1 is 1.05 bits per heavy atom. The summed E-state index contributed by atoms with van der Waals surface area (Å²) in [6.45, 7) is 3.88. The number of benzene rings is 2. The van der Waals surface area contributed by atoms with Crippen molar-refractivity contribution in [3.05, 3.63) is 64.4 Å². The van der Waals surface area contributed by atoms with Crippen molar-refractivity contribution in [2.24, 2.45) is 5.73 Å². The third-order valence-corrected chi connectivity index (χ3v) is 3.33. The van der Waals surface area contributed by atoms with Crippen molar-refractivity contribution in [2.75, 3.05) is 0 Å². The summed E-state index contributed by atoms with van der Waals surface area (Å²) in [6, 6.07) is 11.6. The van der Waals surface area contributed by atoms with Gasteiger partial charge in [0, 0.05) is 5.56 Å². The number of halogens is 2. The zero-order valence-corrected chi connectivity index (χ0v) is 12.2. The molecule has 2 nitrogen and oxygen atoms in total. The predicted octanol–water partition coefficient (Wildman–Crippen LogP) is 4.31. The Labute approximate surface area is 123 Å². The van der Waals surface area contributed by atoms with Crippen molar-refractivity contribution in [3.63, 3.8) is 0 Å². The zero-order valence-electron chi connectivity index (χ0n) is 11.4. The predicted molar refractivity (Wildman–Crippen MR) is 79.6 cm³/mol. The molecular formula is C16H17ClFNO. The fraction of sp³-hybridized carbons (Fsp3) is 0.250. The van der Waals surface area contributed by atoms with Gasteiger partial charge in [-0.2, -0.15) is 0 Å².